The fourth-order valence-electron chi connectivity index (χ4n) is 1.52. The van der Waals surface area contributed by atoms with Gasteiger partial charge in [-0.05, 0) is 0 Å². The van der Waals surface area contributed by atoms with Gasteiger partial charge in [-0.1, -0.05) is 0 Å². The van der Waals surface area contributed by atoms with Crippen LogP contribution in [0.1, 0.15) is 6.42 Å². The van der Waals surface area contributed by atoms with Crippen LogP contribution >= 0.6 is 0 Å². The van der Waals surface area contributed by atoms with E-state index >= 15 is 0 Å². The maximum atomic E-state index is 13.7. The maximum absolute atomic E-state index is 13.7. The Labute approximate surface area is 119 Å². The van der Waals surface area contributed by atoms with Crippen LogP contribution < -0.4 is 0 Å². The number of halogens is 13. The minimum atomic E-state index is -7.05. The molecule has 0 aromatic heterocycles. The van der Waals surface area contributed by atoms with Crippen molar-refractivity contribution in [1.82, 2.24) is 0 Å². The van der Waals surface area contributed by atoms with E-state index in [1.165, 1.54) is 0 Å². The Morgan fingerprint density at radius 2 is 1.22 bits per heavy atom. The van der Waals surface area contributed by atoms with Crippen molar-refractivity contribution in [2.45, 2.75) is 35.8 Å². The van der Waals surface area contributed by atoms with Gasteiger partial charge in [0.15, 0.2) is 0 Å². The largest absolute Gasteiger partial charge is 0.432 e. The van der Waals surface area contributed by atoms with Crippen LogP contribution in [0.2, 0.25) is 0 Å². The Kier molecular flexibility index (Phi) is 6.06. The molecule has 0 aliphatic rings. The topological polar surface area (TPSA) is 0 Å². The fourth-order valence-corrected chi connectivity index (χ4v) is 1.52. The third-order valence-electron chi connectivity index (χ3n) is 2.85. The van der Waals surface area contributed by atoms with Crippen LogP contribution in [0.3, 0.4) is 0 Å². The van der Waals surface area contributed by atoms with Crippen molar-refractivity contribution in [3.05, 3.63) is 12.2 Å². The fraction of sp³-hybridized carbons (Fsp3) is 0.800. The maximum Gasteiger partial charge on any atom is 0.432 e. The van der Waals surface area contributed by atoms with Crippen LogP contribution in [-0.2, 0) is 0 Å². The summed E-state index contributed by atoms with van der Waals surface area (Å²) < 4.78 is 166. The summed E-state index contributed by atoms with van der Waals surface area (Å²) in [5, 5.41) is 0. The molecule has 0 rings (SSSR count). The first-order valence-corrected chi connectivity index (χ1v) is 5.40. The Morgan fingerprint density at radius 3 is 1.48 bits per heavy atom. The van der Waals surface area contributed by atoms with Crippen molar-refractivity contribution < 1.29 is 57.1 Å². The smallest absolute Gasteiger partial charge is 0.251 e. The second-order valence-corrected chi connectivity index (χ2v) is 4.30. The molecule has 0 amide bonds. The molecule has 23 heavy (non-hydrogen) atoms. The third-order valence-corrected chi connectivity index (χ3v) is 2.85. The highest BCUT2D eigenvalue weighted by Crippen LogP contribution is 2.57. The van der Waals surface area contributed by atoms with Crippen LogP contribution in [-0.4, -0.2) is 42.7 Å². The zero-order valence-corrected chi connectivity index (χ0v) is 10.6. The average Bonchev–Trinajstić information content (AvgIpc) is 2.34. The van der Waals surface area contributed by atoms with Gasteiger partial charge in [0.25, 0.3) is 23.3 Å². The van der Waals surface area contributed by atoms with Crippen molar-refractivity contribution in [2.75, 3.05) is 13.3 Å². The van der Waals surface area contributed by atoms with Crippen molar-refractivity contribution >= 4 is 0 Å². The molecular formula is C10H7F13. The first kappa shape index (κ1) is 21.8. The lowest BCUT2D eigenvalue weighted by molar-refractivity contribution is -0.347. The van der Waals surface area contributed by atoms with Crippen molar-refractivity contribution in [3.63, 3.8) is 0 Å². The molecule has 0 aliphatic heterocycles. The summed E-state index contributed by atoms with van der Waals surface area (Å²) in [6.45, 7) is -5.89. The predicted molar refractivity (Wildman–Crippen MR) is 50.5 cm³/mol. The second-order valence-electron chi connectivity index (χ2n) is 4.30. The summed E-state index contributed by atoms with van der Waals surface area (Å²) in [6.07, 6.45) is -15.4. The summed E-state index contributed by atoms with van der Waals surface area (Å²) in [5.74, 6) is -12.9. The minimum absolute atomic E-state index is 2.15. The molecule has 0 heterocycles. The van der Waals surface area contributed by atoms with Gasteiger partial charge in [0, 0.05) is 12.5 Å². The molecular weight excluding hydrogens is 367 g/mol. The minimum Gasteiger partial charge on any atom is -0.251 e. The van der Waals surface area contributed by atoms with E-state index in [0.717, 1.165) is 0 Å². The molecule has 0 saturated heterocycles. The van der Waals surface area contributed by atoms with Crippen LogP contribution in [0, 0.1) is 0 Å². The number of alkyl halides is 11. The quantitative estimate of drug-likeness (QED) is 0.528. The summed E-state index contributed by atoms with van der Waals surface area (Å²) in [6, 6.07) is 0. The highest BCUT2D eigenvalue weighted by Gasteiger charge is 2.83. The average molecular weight is 374 g/mol. The summed E-state index contributed by atoms with van der Waals surface area (Å²) in [5.41, 5.74) is -12.9. The Balaban J connectivity index is 6.50. The molecule has 138 valence electrons. The van der Waals surface area contributed by atoms with Crippen molar-refractivity contribution in [3.8, 4) is 0 Å². The van der Waals surface area contributed by atoms with E-state index in [9.17, 15) is 57.1 Å². The molecule has 0 aromatic rings. The molecule has 0 fully saturated rings. The van der Waals surface area contributed by atoms with Crippen LogP contribution in [0.4, 0.5) is 57.1 Å². The molecule has 0 spiro atoms. The summed E-state index contributed by atoms with van der Waals surface area (Å²) >= 11 is 0. The molecule has 0 radical (unpaired) electrons. The molecule has 0 nitrogen and oxygen atoms in total. The SMILES string of the molecule is FCCC(F)(F)C(F)(CF)C(F)(F)C(F)(C=C(F)F)C(F)(F)F. The third kappa shape index (κ3) is 3.37. The van der Waals surface area contributed by atoms with Gasteiger partial charge in [0.2, 0.25) is 0 Å². The molecule has 0 aromatic carbocycles. The van der Waals surface area contributed by atoms with Gasteiger partial charge in [0.05, 0.1) is 6.67 Å². The van der Waals surface area contributed by atoms with Crippen LogP contribution in [0.25, 0.3) is 0 Å². The van der Waals surface area contributed by atoms with Gasteiger partial charge in [-0.25, -0.2) is 22.0 Å². The Morgan fingerprint density at radius 1 is 0.783 bits per heavy atom. The first-order chi connectivity index (χ1) is 10.0. The number of allylic oxidation sites excluding steroid dienone is 1. The van der Waals surface area contributed by atoms with E-state index in [2.05, 4.69) is 0 Å². The molecule has 0 bridgehead atoms. The van der Waals surface area contributed by atoms with Crippen molar-refractivity contribution in [1.29, 1.82) is 0 Å². The number of rotatable bonds is 7. The van der Waals surface area contributed by atoms with Gasteiger partial charge in [0.1, 0.15) is 6.67 Å². The highest BCUT2D eigenvalue weighted by atomic mass is 19.4. The second kappa shape index (κ2) is 6.38. The van der Waals surface area contributed by atoms with E-state index in [0.29, 0.717) is 0 Å². The van der Waals surface area contributed by atoms with E-state index < -0.39 is 61.3 Å². The Hall–Kier alpha value is -1.17. The predicted octanol–water partition coefficient (Wildman–Crippen LogP) is 5.35. The van der Waals surface area contributed by atoms with Gasteiger partial charge >= 0.3 is 12.1 Å². The molecule has 2 unspecified atom stereocenters. The van der Waals surface area contributed by atoms with E-state index in [4.69, 9.17) is 0 Å². The molecule has 0 saturated carbocycles. The van der Waals surface area contributed by atoms with Crippen LogP contribution in [0.5, 0.6) is 0 Å². The first-order valence-electron chi connectivity index (χ1n) is 5.40. The van der Waals surface area contributed by atoms with E-state index in [1.807, 2.05) is 0 Å². The van der Waals surface area contributed by atoms with Gasteiger partial charge in [-0.3, -0.25) is 4.39 Å². The highest BCUT2D eigenvalue weighted by molar-refractivity contribution is 5.22. The molecule has 13 heteroatoms. The Bertz CT molecular complexity index is 435. The van der Waals surface area contributed by atoms with Gasteiger partial charge < -0.3 is 0 Å². The van der Waals surface area contributed by atoms with Gasteiger partial charge in [-0.2, -0.15) is 30.7 Å². The normalized spacial score (nSPS) is 19.0. The van der Waals surface area contributed by atoms with E-state index in [-0.39, 0.29) is 0 Å². The zero-order valence-electron chi connectivity index (χ0n) is 10.6. The lowest BCUT2D eigenvalue weighted by atomic mass is 9.79. The standard InChI is InChI=1S/C10H7F13/c11-2-1-8(17,18)7(16,4-12)9(19,20)6(15,3-5(13)14)10(21,22)23/h3H,1-2,4H2. The number of hydrogen-bond acceptors (Lipinski definition) is 0. The molecule has 0 aliphatic carbocycles. The molecule has 0 N–H and O–H groups in total. The lowest BCUT2D eigenvalue weighted by Gasteiger charge is -2.42. The zero-order chi connectivity index (χ0) is 18.9. The summed E-state index contributed by atoms with van der Waals surface area (Å²) in [7, 11) is 0. The monoisotopic (exact) mass is 374 g/mol. The lowest BCUT2D eigenvalue weighted by Crippen LogP contribution is -2.70. The molecule has 2 atom stereocenters. The summed E-state index contributed by atoms with van der Waals surface area (Å²) in [4.78, 5) is 0. The van der Waals surface area contributed by atoms with Crippen LogP contribution in [0.15, 0.2) is 12.2 Å². The van der Waals surface area contributed by atoms with Crippen molar-refractivity contribution in [2.24, 2.45) is 0 Å². The van der Waals surface area contributed by atoms with Gasteiger partial charge in [-0.15, -0.1) is 0 Å². The van der Waals surface area contributed by atoms with E-state index in [1.54, 1.807) is 0 Å². The number of hydrogen-bond donors (Lipinski definition) is 0.